The van der Waals surface area contributed by atoms with Crippen LogP contribution in [-0.4, -0.2) is 31.6 Å². The zero-order valence-electron chi connectivity index (χ0n) is 10.8. The molecular formula is C13H19NO3. The van der Waals surface area contributed by atoms with Crippen molar-refractivity contribution in [2.24, 2.45) is 0 Å². The van der Waals surface area contributed by atoms with E-state index >= 15 is 0 Å². The number of esters is 1. The predicted molar refractivity (Wildman–Crippen MR) is 65.6 cm³/mol. The van der Waals surface area contributed by atoms with E-state index in [-0.39, 0.29) is 5.97 Å². The molecule has 0 N–H and O–H groups in total. The van der Waals surface area contributed by atoms with Gasteiger partial charge in [-0.1, -0.05) is 6.08 Å². The molecule has 0 saturated carbocycles. The summed E-state index contributed by atoms with van der Waals surface area (Å²) >= 11 is 0. The van der Waals surface area contributed by atoms with Gasteiger partial charge in [0.2, 0.25) is 0 Å². The molecule has 0 bridgehead atoms. The summed E-state index contributed by atoms with van der Waals surface area (Å²) in [6.07, 6.45) is 3.55. The SMILES string of the molecule is COC(=O)C(C)=CCN(C)Cc1ccoc1C. The van der Waals surface area contributed by atoms with Crippen LogP contribution in [0.1, 0.15) is 18.2 Å². The largest absolute Gasteiger partial charge is 0.469 e. The Morgan fingerprint density at radius 1 is 1.59 bits per heavy atom. The molecule has 0 spiro atoms. The summed E-state index contributed by atoms with van der Waals surface area (Å²) in [5.41, 5.74) is 1.79. The molecule has 4 heteroatoms. The van der Waals surface area contributed by atoms with Crippen molar-refractivity contribution >= 4 is 5.97 Å². The van der Waals surface area contributed by atoms with Crippen LogP contribution in [0.4, 0.5) is 0 Å². The Morgan fingerprint density at radius 3 is 2.82 bits per heavy atom. The van der Waals surface area contributed by atoms with Crippen LogP contribution in [0.15, 0.2) is 28.4 Å². The minimum Gasteiger partial charge on any atom is -0.469 e. The summed E-state index contributed by atoms with van der Waals surface area (Å²) in [5.74, 6) is 0.656. The van der Waals surface area contributed by atoms with Crippen molar-refractivity contribution in [3.05, 3.63) is 35.3 Å². The summed E-state index contributed by atoms with van der Waals surface area (Å²) in [7, 11) is 3.38. The van der Waals surface area contributed by atoms with Crippen LogP contribution in [0.25, 0.3) is 0 Å². The van der Waals surface area contributed by atoms with Crippen molar-refractivity contribution in [1.82, 2.24) is 4.90 Å². The van der Waals surface area contributed by atoms with E-state index in [9.17, 15) is 4.79 Å². The lowest BCUT2D eigenvalue weighted by molar-refractivity contribution is -0.136. The maximum absolute atomic E-state index is 11.2. The molecule has 17 heavy (non-hydrogen) atoms. The number of carbonyl (C=O) groups is 1. The van der Waals surface area contributed by atoms with Crippen LogP contribution in [0, 0.1) is 6.92 Å². The normalized spacial score (nSPS) is 11.9. The second-order valence-corrected chi connectivity index (χ2v) is 4.08. The quantitative estimate of drug-likeness (QED) is 0.581. The highest BCUT2D eigenvalue weighted by Gasteiger charge is 2.06. The summed E-state index contributed by atoms with van der Waals surface area (Å²) in [6, 6.07) is 1.96. The summed E-state index contributed by atoms with van der Waals surface area (Å²) < 4.78 is 9.86. The third kappa shape index (κ3) is 4.07. The number of rotatable bonds is 5. The van der Waals surface area contributed by atoms with Gasteiger partial charge < -0.3 is 9.15 Å². The van der Waals surface area contributed by atoms with Crippen LogP contribution < -0.4 is 0 Å². The number of hydrogen-bond donors (Lipinski definition) is 0. The van der Waals surface area contributed by atoms with E-state index in [0.29, 0.717) is 12.1 Å². The molecule has 0 atom stereocenters. The van der Waals surface area contributed by atoms with Gasteiger partial charge in [-0.15, -0.1) is 0 Å². The number of aryl methyl sites for hydroxylation is 1. The van der Waals surface area contributed by atoms with Gasteiger partial charge in [-0.25, -0.2) is 4.79 Å². The average molecular weight is 237 g/mol. The molecule has 4 nitrogen and oxygen atoms in total. The molecule has 0 radical (unpaired) electrons. The number of hydrogen-bond acceptors (Lipinski definition) is 4. The molecule has 1 aromatic heterocycles. The third-order valence-corrected chi connectivity index (χ3v) is 2.62. The summed E-state index contributed by atoms with van der Waals surface area (Å²) in [6.45, 7) is 5.19. The van der Waals surface area contributed by atoms with Gasteiger partial charge in [0.1, 0.15) is 5.76 Å². The molecule has 0 amide bonds. The molecule has 0 fully saturated rings. The van der Waals surface area contributed by atoms with E-state index in [0.717, 1.165) is 17.9 Å². The van der Waals surface area contributed by atoms with E-state index < -0.39 is 0 Å². The number of likely N-dealkylation sites (N-methyl/N-ethyl adjacent to an activating group) is 1. The zero-order chi connectivity index (χ0) is 12.8. The summed E-state index contributed by atoms with van der Waals surface area (Å²) in [4.78, 5) is 13.3. The molecule has 0 aliphatic carbocycles. The maximum atomic E-state index is 11.2. The molecule has 1 rings (SSSR count). The minimum atomic E-state index is -0.280. The smallest absolute Gasteiger partial charge is 0.333 e. The average Bonchev–Trinajstić information content (AvgIpc) is 2.71. The second-order valence-electron chi connectivity index (χ2n) is 4.08. The van der Waals surface area contributed by atoms with Crippen molar-refractivity contribution < 1.29 is 13.9 Å². The number of nitrogens with zero attached hydrogens (tertiary/aromatic N) is 1. The van der Waals surface area contributed by atoms with Gasteiger partial charge in [0.25, 0.3) is 0 Å². The van der Waals surface area contributed by atoms with Crippen LogP contribution in [-0.2, 0) is 16.1 Å². The molecule has 1 aromatic rings. The lowest BCUT2D eigenvalue weighted by atomic mass is 10.2. The van der Waals surface area contributed by atoms with Gasteiger partial charge in [-0.05, 0) is 27.0 Å². The molecule has 0 saturated heterocycles. The fourth-order valence-corrected chi connectivity index (χ4v) is 1.47. The zero-order valence-corrected chi connectivity index (χ0v) is 10.8. The van der Waals surface area contributed by atoms with Gasteiger partial charge in [-0.2, -0.15) is 0 Å². The highest BCUT2D eigenvalue weighted by atomic mass is 16.5. The number of furan rings is 1. The third-order valence-electron chi connectivity index (χ3n) is 2.62. The van der Waals surface area contributed by atoms with Crippen molar-refractivity contribution in [1.29, 1.82) is 0 Å². The topological polar surface area (TPSA) is 42.7 Å². The monoisotopic (exact) mass is 237 g/mol. The molecular weight excluding hydrogens is 218 g/mol. The highest BCUT2D eigenvalue weighted by Crippen LogP contribution is 2.11. The van der Waals surface area contributed by atoms with Crippen molar-refractivity contribution in [2.75, 3.05) is 20.7 Å². The number of methoxy groups -OCH3 is 1. The van der Waals surface area contributed by atoms with Gasteiger partial charge in [-0.3, -0.25) is 4.90 Å². The molecule has 0 aliphatic rings. The summed E-state index contributed by atoms with van der Waals surface area (Å²) in [5, 5.41) is 0. The van der Waals surface area contributed by atoms with Crippen molar-refractivity contribution in [3.8, 4) is 0 Å². The Morgan fingerprint density at radius 2 is 2.29 bits per heavy atom. The first-order chi connectivity index (χ1) is 8.04. The molecule has 0 aromatic carbocycles. The fourth-order valence-electron chi connectivity index (χ4n) is 1.47. The first-order valence-corrected chi connectivity index (χ1v) is 5.51. The van der Waals surface area contributed by atoms with Crippen LogP contribution in [0.5, 0.6) is 0 Å². The van der Waals surface area contributed by atoms with E-state index in [1.807, 2.05) is 26.1 Å². The number of carbonyl (C=O) groups excluding carboxylic acids is 1. The molecule has 94 valence electrons. The Bertz CT molecular complexity index is 407. The Kier molecular flexibility index (Phi) is 4.97. The Labute approximate surface area is 102 Å². The second kappa shape index (κ2) is 6.25. The minimum absolute atomic E-state index is 0.280. The first kappa shape index (κ1) is 13.5. The van der Waals surface area contributed by atoms with Crippen LogP contribution in [0.2, 0.25) is 0 Å². The van der Waals surface area contributed by atoms with E-state index in [1.165, 1.54) is 7.11 Å². The van der Waals surface area contributed by atoms with Crippen molar-refractivity contribution in [2.45, 2.75) is 20.4 Å². The van der Waals surface area contributed by atoms with Gasteiger partial charge in [0.15, 0.2) is 0 Å². The first-order valence-electron chi connectivity index (χ1n) is 5.51. The standard InChI is InChI=1S/C13H19NO3/c1-10(13(15)16-4)5-7-14(3)9-12-6-8-17-11(12)2/h5-6,8H,7,9H2,1-4H3. The van der Waals surface area contributed by atoms with E-state index in [2.05, 4.69) is 9.64 Å². The van der Waals surface area contributed by atoms with Crippen LogP contribution in [0.3, 0.4) is 0 Å². The molecule has 0 unspecified atom stereocenters. The van der Waals surface area contributed by atoms with Gasteiger partial charge in [0.05, 0.1) is 13.4 Å². The van der Waals surface area contributed by atoms with Crippen molar-refractivity contribution in [3.63, 3.8) is 0 Å². The predicted octanol–water partition coefficient (Wildman–Crippen LogP) is 2.14. The fraction of sp³-hybridized carbons (Fsp3) is 0.462. The maximum Gasteiger partial charge on any atom is 0.333 e. The van der Waals surface area contributed by atoms with Gasteiger partial charge in [0, 0.05) is 24.2 Å². The van der Waals surface area contributed by atoms with E-state index in [4.69, 9.17) is 4.42 Å². The Hall–Kier alpha value is -1.55. The Balaban J connectivity index is 2.48. The van der Waals surface area contributed by atoms with Gasteiger partial charge >= 0.3 is 5.97 Å². The van der Waals surface area contributed by atoms with E-state index in [1.54, 1.807) is 13.2 Å². The lowest BCUT2D eigenvalue weighted by Crippen LogP contribution is -2.18. The van der Waals surface area contributed by atoms with Crippen LogP contribution >= 0.6 is 0 Å². The highest BCUT2D eigenvalue weighted by molar-refractivity contribution is 5.87. The lowest BCUT2D eigenvalue weighted by Gasteiger charge is -2.14. The molecule has 1 heterocycles. The molecule has 0 aliphatic heterocycles. The number of ether oxygens (including phenoxy) is 1.